The average Bonchev–Trinajstić information content (AvgIpc) is 2.40. The number of carbonyl (C=O) groups is 1. The molecule has 2 N–H and O–H groups in total. The second kappa shape index (κ2) is 5.20. The van der Waals surface area contributed by atoms with Gasteiger partial charge in [0.2, 0.25) is 0 Å². The highest BCUT2D eigenvalue weighted by molar-refractivity contribution is 5.78. The van der Waals surface area contributed by atoms with Crippen LogP contribution in [-0.2, 0) is 4.89 Å². The molecular formula is C13H16N2O3. The molecule has 1 aliphatic heterocycles. The van der Waals surface area contributed by atoms with Crippen molar-refractivity contribution in [3.63, 3.8) is 0 Å². The molecule has 1 aliphatic rings. The van der Waals surface area contributed by atoms with Crippen LogP contribution in [0.3, 0.4) is 0 Å². The van der Waals surface area contributed by atoms with Crippen molar-refractivity contribution >= 4 is 6.03 Å². The van der Waals surface area contributed by atoms with E-state index in [4.69, 9.17) is 5.26 Å². The van der Waals surface area contributed by atoms with Gasteiger partial charge in [-0.05, 0) is 12.5 Å². The van der Waals surface area contributed by atoms with Crippen LogP contribution in [0.1, 0.15) is 18.5 Å². The predicted molar refractivity (Wildman–Crippen MR) is 66.8 cm³/mol. The molecule has 0 fully saturated rings. The number of hydrogen-bond acceptors (Lipinski definition) is 3. The van der Waals surface area contributed by atoms with Crippen LogP contribution in [0.15, 0.2) is 41.6 Å². The number of hydrogen-bond donors (Lipinski definition) is 2. The van der Waals surface area contributed by atoms with Gasteiger partial charge in [-0.1, -0.05) is 30.3 Å². The Bertz CT molecular complexity index is 470. The molecule has 0 radical (unpaired) electrons. The Labute approximate surface area is 106 Å². The first kappa shape index (κ1) is 12.6. The number of benzene rings is 1. The molecule has 18 heavy (non-hydrogen) atoms. The molecular weight excluding hydrogens is 232 g/mol. The highest BCUT2D eigenvalue weighted by Crippen LogP contribution is 2.29. The van der Waals surface area contributed by atoms with Crippen molar-refractivity contribution in [1.82, 2.24) is 10.2 Å². The van der Waals surface area contributed by atoms with E-state index in [0.29, 0.717) is 0 Å². The average molecular weight is 248 g/mol. The zero-order chi connectivity index (χ0) is 13.1. The number of nitrogens with one attached hydrogen (secondary N) is 1. The van der Waals surface area contributed by atoms with E-state index in [1.165, 1.54) is 4.90 Å². The highest BCUT2D eigenvalue weighted by atomic mass is 17.1. The lowest BCUT2D eigenvalue weighted by molar-refractivity contribution is -0.235. The van der Waals surface area contributed by atoms with Crippen LogP contribution in [-0.4, -0.2) is 29.8 Å². The monoisotopic (exact) mass is 248 g/mol. The smallest absolute Gasteiger partial charge is 0.322 e. The van der Waals surface area contributed by atoms with Crippen LogP contribution in [0.25, 0.3) is 0 Å². The fraction of sp³-hybridized carbons (Fsp3) is 0.308. The second-order valence-electron chi connectivity index (χ2n) is 4.24. The van der Waals surface area contributed by atoms with Crippen LogP contribution in [0.2, 0.25) is 0 Å². The van der Waals surface area contributed by atoms with Gasteiger partial charge in [-0.15, -0.1) is 0 Å². The minimum Gasteiger partial charge on any atom is -0.327 e. The van der Waals surface area contributed by atoms with Gasteiger partial charge in [0.05, 0.1) is 6.04 Å². The fourth-order valence-electron chi connectivity index (χ4n) is 2.07. The first-order valence-electron chi connectivity index (χ1n) is 5.70. The van der Waals surface area contributed by atoms with E-state index >= 15 is 0 Å². The summed E-state index contributed by atoms with van der Waals surface area (Å²) < 4.78 is 0. The maximum absolute atomic E-state index is 11.8. The van der Waals surface area contributed by atoms with Crippen LogP contribution in [0.4, 0.5) is 4.79 Å². The third kappa shape index (κ3) is 2.23. The molecule has 0 aliphatic carbocycles. The molecule has 1 aromatic rings. The number of urea groups is 1. The minimum atomic E-state index is -0.262. The van der Waals surface area contributed by atoms with Crippen molar-refractivity contribution in [2.24, 2.45) is 0 Å². The largest absolute Gasteiger partial charge is 0.327 e. The maximum Gasteiger partial charge on any atom is 0.322 e. The van der Waals surface area contributed by atoms with E-state index in [2.05, 4.69) is 10.2 Å². The molecule has 0 bridgehead atoms. The van der Waals surface area contributed by atoms with Gasteiger partial charge in [-0.25, -0.2) is 9.68 Å². The predicted octanol–water partition coefficient (Wildman–Crippen LogP) is 2.15. The number of allylic oxidation sites excluding steroid dienone is 1. The van der Waals surface area contributed by atoms with Gasteiger partial charge >= 0.3 is 6.03 Å². The van der Waals surface area contributed by atoms with Gasteiger partial charge in [0.15, 0.2) is 0 Å². The molecule has 1 aromatic carbocycles. The van der Waals surface area contributed by atoms with Crippen molar-refractivity contribution in [3.8, 4) is 0 Å². The van der Waals surface area contributed by atoms with Crippen molar-refractivity contribution in [1.29, 1.82) is 0 Å². The molecule has 1 unspecified atom stereocenters. The summed E-state index contributed by atoms with van der Waals surface area (Å²) in [5, 5.41) is 11.6. The van der Waals surface area contributed by atoms with Crippen LogP contribution < -0.4 is 5.32 Å². The molecule has 96 valence electrons. The van der Waals surface area contributed by atoms with Gasteiger partial charge in [0, 0.05) is 18.3 Å². The summed E-state index contributed by atoms with van der Waals surface area (Å²) in [5.74, 6) is 0. The Morgan fingerprint density at radius 1 is 1.39 bits per heavy atom. The minimum absolute atomic E-state index is 0.0655. The Morgan fingerprint density at radius 3 is 2.67 bits per heavy atom. The van der Waals surface area contributed by atoms with Crippen molar-refractivity contribution in [2.45, 2.75) is 13.0 Å². The maximum atomic E-state index is 11.8. The Morgan fingerprint density at radius 2 is 2.06 bits per heavy atom. The second-order valence-corrected chi connectivity index (χ2v) is 4.24. The summed E-state index contributed by atoms with van der Waals surface area (Å²) in [6.45, 7) is 1.90. The zero-order valence-electron chi connectivity index (χ0n) is 10.4. The Hall–Kier alpha value is -1.85. The molecule has 1 heterocycles. The summed E-state index contributed by atoms with van der Waals surface area (Å²) in [5.41, 5.74) is 2.60. The molecule has 0 aromatic heterocycles. The first-order chi connectivity index (χ1) is 8.65. The van der Waals surface area contributed by atoms with E-state index in [1.807, 2.05) is 37.3 Å². The topological polar surface area (TPSA) is 61.8 Å². The summed E-state index contributed by atoms with van der Waals surface area (Å²) in [4.78, 5) is 17.6. The number of nitrogens with zero attached hydrogens (tertiary/aromatic N) is 1. The summed E-state index contributed by atoms with van der Waals surface area (Å²) >= 11 is 0. The van der Waals surface area contributed by atoms with E-state index in [9.17, 15) is 4.79 Å². The number of rotatable bonds is 3. The quantitative estimate of drug-likeness (QED) is 0.636. The fourth-order valence-corrected chi connectivity index (χ4v) is 2.07. The Balaban J connectivity index is 2.42. The zero-order valence-corrected chi connectivity index (χ0v) is 10.4. The summed E-state index contributed by atoms with van der Waals surface area (Å²) in [6, 6.07) is 9.17. The van der Waals surface area contributed by atoms with Crippen LogP contribution in [0.5, 0.6) is 0 Å². The van der Waals surface area contributed by atoms with E-state index in [-0.39, 0.29) is 18.7 Å². The standard InChI is InChI=1S/C13H16N2O3/c1-9-11(8-18-17)12(14-13(16)15(9)2)10-6-4-3-5-7-10/h3-7,12,17H,8H2,1-2H3,(H,14,16). The van der Waals surface area contributed by atoms with Crippen LogP contribution in [0, 0.1) is 0 Å². The van der Waals surface area contributed by atoms with E-state index in [1.54, 1.807) is 7.05 Å². The van der Waals surface area contributed by atoms with Crippen molar-refractivity contribution in [3.05, 3.63) is 47.2 Å². The van der Waals surface area contributed by atoms with Crippen molar-refractivity contribution in [2.75, 3.05) is 13.7 Å². The lowest BCUT2D eigenvalue weighted by Gasteiger charge is -2.33. The van der Waals surface area contributed by atoms with Gasteiger partial charge in [-0.3, -0.25) is 5.26 Å². The molecule has 5 heteroatoms. The van der Waals surface area contributed by atoms with Gasteiger partial charge in [0.25, 0.3) is 0 Å². The van der Waals surface area contributed by atoms with Gasteiger partial charge in [0.1, 0.15) is 6.61 Å². The molecule has 1 atom stereocenters. The summed E-state index contributed by atoms with van der Waals surface area (Å²) in [7, 11) is 1.68. The van der Waals surface area contributed by atoms with E-state index in [0.717, 1.165) is 16.8 Å². The van der Waals surface area contributed by atoms with Gasteiger partial charge < -0.3 is 10.2 Å². The highest BCUT2D eigenvalue weighted by Gasteiger charge is 2.29. The lowest BCUT2D eigenvalue weighted by atomic mass is 9.96. The normalized spacial score (nSPS) is 20.1. The summed E-state index contributed by atoms with van der Waals surface area (Å²) in [6.07, 6.45) is 0. The Kier molecular flexibility index (Phi) is 3.64. The molecule has 2 amide bonds. The van der Waals surface area contributed by atoms with E-state index < -0.39 is 0 Å². The number of amides is 2. The molecule has 0 saturated carbocycles. The molecule has 2 rings (SSSR count). The van der Waals surface area contributed by atoms with Gasteiger partial charge in [-0.2, -0.15) is 0 Å². The van der Waals surface area contributed by atoms with Crippen LogP contribution >= 0.6 is 0 Å². The third-order valence-corrected chi connectivity index (χ3v) is 3.24. The molecule has 5 nitrogen and oxygen atoms in total. The van der Waals surface area contributed by atoms with Crippen molar-refractivity contribution < 1.29 is 14.9 Å². The third-order valence-electron chi connectivity index (χ3n) is 3.24. The molecule has 0 saturated heterocycles. The number of carbonyl (C=O) groups excluding carboxylic acids is 1. The lowest BCUT2D eigenvalue weighted by Crippen LogP contribution is -2.45. The first-order valence-corrected chi connectivity index (χ1v) is 5.70. The molecule has 0 spiro atoms. The SMILES string of the molecule is CC1=C(COO)C(c2ccccc2)NC(=O)N1C.